The molecule has 0 aromatic heterocycles. The van der Waals surface area contributed by atoms with Gasteiger partial charge in [0.2, 0.25) is 5.91 Å². The smallest absolute Gasteiger partial charge is 0.244 e. The fourth-order valence-electron chi connectivity index (χ4n) is 3.80. The molecule has 2 heterocycles. The van der Waals surface area contributed by atoms with Crippen LogP contribution in [0.3, 0.4) is 0 Å². The maximum atomic E-state index is 13.2. The van der Waals surface area contributed by atoms with Crippen molar-refractivity contribution in [2.24, 2.45) is 5.92 Å². The van der Waals surface area contributed by atoms with Gasteiger partial charge in [0, 0.05) is 18.4 Å². The van der Waals surface area contributed by atoms with Gasteiger partial charge < -0.3 is 5.32 Å². The SMILES string of the molecule is CC(C)NC1CCc2cccc3c2N(C1=O)C(C(=O)C(C)C)C3. The zero-order chi connectivity index (χ0) is 16.7. The van der Waals surface area contributed by atoms with Gasteiger partial charge in [0.25, 0.3) is 0 Å². The van der Waals surface area contributed by atoms with Crippen molar-refractivity contribution < 1.29 is 9.59 Å². The topological polar surface area (TPSA) is 49.4 Å². The predicted molar refractivity (Wildman–Crippen MR) is 91.6 cm³/mol. The minimum Gasteiger partial charge on any atom is -0.304 e. The van der Waals surface area contributed by atoms with E-state index in [1.807, 2.05) is 13.8 Å². The standard InChI is InChI=1S/C19H26N2O2/c1-11(2)18(22)16-10-14-7-5-6-13-8-9-15(20-12(3)4)19(23)21(16)17(13)14/h5-7,11-12,15-16,20H,8-10H2,1-4H3. The van der Waals surface area contributed by atoms with Crippen molar-refractivity contribution >= 4 is 17.4 Å². The normalized spacial score (nSPS) is 23.4. The van der Waals surface area contributed by atoms with Gasteiger partial charge in [-0.25, -0.2) is 0 Å². The van der Waals surface area contributed by atoms with E-state index in [-0.39, 0.29) is 35.7 Å². The number of benzene rings is 1. The highest BCUT2D eigenvalue weighted by Gasteiger charge is 2.43. The number of carbonyl (C=O) groups excluding carboxylic acids is 2. The summed E-state index contributed by atoms with van der Waals surface area (Å²) in [6, 6.07) is 5.90. The van der Waals surface area contributed by atoms with E-state index in [2.05, 4.69) is 37.4 Å². The monoisotopic (exact) mass is 314 g/mol. The van der Waals surface area contributed by atoms with Crippen LogP contribution in [0, 0.1) is 5.92 Å². The Labute approximate surface area is 138 Å². The van der Waals surface area contributed by atoms with E-state index in [0.29, 0.717) is 6.42 Å². The number of hydrogen-bond acceptors (Lipinski definition) is 3. The highest BCUT2D eigenvalue weighted by atomic mass is 16.2. The van der Waals surface area contributed by atoms with Crippen LogP contribution in [-0.2, 0) is 22.4 Å². The third kappa shape index (κ3) is 2.80. The highest BCUT2D eigenvalue weighted by molar-refractivity contribution is 6.07. The van der Waals surface area contributed by atoms with E-state index in [1.165, 1.54) is 5.56 Å². The first-order chi connectivity index (χ1) is 10.9. The Morgan fingerprint density at radius 1 is 1.22 bits per heavy atom. The number of nitrogens with one attached hydrogen (secondary N) is 1. The second-order valence-electron chi connectivity index (χ2n) is 7.32. The van der Waals surface area contributed by atoms with Crippen molar-refractivity contribution in [1.29, 1.82) is 0 Å². The molecule has 4 nitrogen and oxygen atoms in total. The third-order valence-corrected chi connectivity index (χ3v) is 4.84. The maximum Gasteiger partial charge on any atom is 0.244 e. The second kappa shape index (κ2) is 6.08. The van der Waals surface area contributed by atoms with Crippen molar-refractivity contribution in [3.05, 3.63) is 29.3 Å². The number of anilines is 1. The van der Waals surface area contributed by atoms with Crippen molar-refractivity contribution in [2.45, 2.75) is 65.1 Å². The van der Waals surface area contributed by atoms with E-state index in [4.69, 9.17) is 0 Å². The Bertz CT molecular complexity index is 636. The van der Waals surface area contributed by atoms with Gasteiger partial charge in [0.1, 0.15) is 0 Å². The number of carbonyl (C=O) groups is 2. The molecule has 1 aromatic carbocycles. The minimum absolute atomic E-state index is 0.0569. The first-order valence-electron chi connectivity index (χ1n) is 8.63. The van der Waals surface area contributed by atoms with Crippen LogP contribution in [0.25, 0.3) is 0 Å². The molecule has 0 saturated heterocycles. The summed E-state index contributed by atoms with van der Waals surface area (Å²) in [6.07, 6.45) is 2.31. The molecule has 2 unspecified atom stereocenters. The van der Waals surface area contributed by atoms with Crippen LogP contribution in [-0.4, -0.2) is 29.8 Å². The van der Waals surface area contributed by atoms with Crippen LogP contribution >= 0.6 is 0 Å². The fraction of sp³-hybridized carbons (Fsp3) is 0.579. The van der Waals surface area contributed by atoms with Crippen LogP contribution in [0.5, 0.6) is 0 Å². The Kier molecular flexibility index (Phi) is 4.28. The van der Waals surface area contributed by atoms with Gasteiger partial charge >= 0.3 is 0 Å². The summed E-state index contributed by atoms with van der Waals surface area (Å²) in [6.45, 7) is 7.94. The van der Waals surface area contributed by atoms with Gasteiger partial charge in [0.15, 0.2) is 5.78 Å². The molecule has 0 saturated carbocycles. The van der Waals surface area contributed by atoms with Crippen molar-refractivity contribution in [2.75, 3.05) is 4.90 Å². The Morgan fingerprint density at radius 2 is 1.91 bits per heavy atom. The number of rotatable bonds is 4. The summed E-state index contributed by atoms with van der Waals surface area (Å²) in [5, 5.41) is 3.38. The molecule has 0 spiro atoms. The molecule has 1 N–H and O–H groups in total. The highest BCUT2D eigenvalue weighted by Crippen LogP contribution is 2.39. The lowest BCUT2D eigenvalue weighted by Crippen LogP contribution is -2.53. The largest absolute Gasteiger partial charge is 0.304 e. The number of hydrogen-bond donors (Lipinski definition) is 1. The van der Waals surface area contributed by atoms with E-state index in [9.17, 15) is 9.59 Å². The maximum absolute atomic E-state index is 13.2. The lowest BCUT2D eigenvalue weighted by molar-refractivity contribution is -0.127. The van der Waals surface area contributed by atoms with E-state index in [1.54, 1.807) is 4.90 Å². The van der Waals surface area contributed by atoms with E-state index < -0.39 is 0 Å². The zero-order valence-corrected chi connectivity index (χ0v) is 14.4. The molecule has 1 aromatic rings. The summed E-state index contributed by atoms with van der Waals surface area (Å²) in [5.41, 5.74) is 3.34. The first-order valence-corrected chi connectivity index (χ1v) is 8.63. The van der Waals surface area contributed by atoms with E-state index in [0.717, 1.165) is 24.1 Å². The van der Waals surface area contributed by atoms with Crippen LogP contribution in [0.2, 0.25) is 0 Å². The molecular weight excluding hydrogens is 288 g/mol. The molecule has 0 fully saturated rings. The van der Waals surface area contributed by atoms with Crippen molar-refractivity contribution in [1.82, 2.24) is 5.32 Å². The van der Waals surface area contributed by atoms with Crippen molar-refractivity contribution in [3.63, 3.8) is 0 Å². The Morgan fingerprint density at radius 3 is 2.57 bits per heavy atom. The molecule has 2 aliphatic heterocycles. The molecule has 0 bridgehead atoms. The third-order valence-electron chi connectivity index (χ3n) is 4.84. The van der Waals surface area contributed by atoms with Gasteiger partial charge in [-0.15, -0.1) is 0 Å². The van der Waals surface area contributed by atoms with Crippen LogP contribution in [0.15, 0.2) is 18.2 Å². The first kappa shape index (κ1) is 16.2. The average molecular weight is 314 g/mol. The predicted octanol–water partition coefficient (Wildman–Crippen LogP) is 2.48. The summed E-state index contributed by atoms with van der Waals surface area (Å²) in [4.78, 5) is 27.7. The van der Waals surface area contributed by atoms with Crippen LogP contribution in [0.4, 0.5) is 5.69 Å². The second-order valence-corrected chi connectivity index (χ2v) is 7.32. The number of para-hydroxylation sites is 1. The molecule has 2 aliphatic rings. The fourth-order valence-corrected chi connectivity index (χ4v) is 3.80. The van der Waals surface area contributed by atoms with Gasteiger partial charge in [0.05, 0.1) is 17.8 Å². The number of Topliss-reactive ketones (excluding diaryl/α,β-unsaturated/α-hetero) is 1. The lowest BCUT2D eigenvalue weighted by atomic mass is 9.96. The lowest BCUT2D eigenvalue weighted by Gasteiger charge is -2.29. The summed E-state index contributed by atoms with van der Waals surface area (Å²) in [7, 11) is 0. The molecular formula is C19H26N2O2. The minimum atomic E-state index is -0.340. The van der Waals surface area contributed by atoms with Gasteiger partial charge in [-0.2, -0.15) is 0 Å². The average Bonchev–Trinajstić information content (AvgIpc) is 2.82. The number of aryl methyl sites for hydroxylation is 1. The van der Waals surface area contributed by atoms with Gasteiger partial charge in [-0.3, -0.25) is 14.5 Å². The van der Waals surface area contributed by atoms with Crippen LogP contribution < -0.4 is 10.2 Å². The molecule has 4 heteroatoms. The number of amides is 1. The van der Waals surface area contributed by atoms with Crippen molar-refractivity contribution in [3.8, 4) is 0 Å². The molecule has 1 amide bonds. The molecule has 3 rings (SSSR count). The van der Waals surface area contributed by atoms with E-state index >= 15 is 0 Å². The number of nitrogens with zero attached hydrogens (tertiary/aromatic N) is 1. The van der Waals surface area contributed by atoms with Gasteiger partial charge in [-0.05, 0) is 24.0 Å². The summed E-state index contributed by atoms with van der Waals surface area (Å²) in [5.74, 6) is 0.150. The molecule has 0 aliphatic carbocycles. The number of ketones is 1. The molecule has 0 radical (unpaired) electrons. The molecule has 23 heavy (non-hydrogen) atoms. The Hall–Kier alpha value is -1.68. The molecule has 124 valence electrons. The summed E-state index contributed by atoms with van der Waals surface area (Å²) < 4.78 is 0. The van der Waals surface area contributed by atoms with Gasteiger partial charge in [-0.1, -0.05) is 45.9 Å². The quantitative estimate of drug-likeness (QED) is 0.929. The Balaban J connectivity index is 2.03. The summed E-state index contributed by atoms with van der Waals surface area (Å²) >= 11 is 0. The van der Waals surface area contributed by atoms with Crippen LogP contribution in [0.1, 0.15) is 45.2 Å². The zero-order valence-electron chi connectivity index (χ0n) is 14.4. The molecule has 2 atom stereocenters.